The van der Waals surface area contributed by atoms with Crippen LogP contribution in [0.2, 0.25) is 0 Å². The van der Waals surface area contributed by atoms with Crippen LogP contribution in [0.4, 0.5) is 10.1 Å². The highest BCUT2D eigenvalue weighted by molar-refractivity contribution is 7.99. The predicted octanol–water partition coefficient (Wildman–Crippen LogP) is 2.94. The number of nitrogens with zero attached hydrogens (tertiary/aromatic N) is 5. The van der Waals surface area contributed by atoms with Gasteiger partial charge in [0.05, 0.1) is 23.7 Å². The van der Waals surface area contributed by atoms with Crippen molar-refractivity contribution in [2.45, 2.75) is 11.6 Å². The Balaban J connectivity index is 1.24. The summed E-state index contributed by atoms with van der Waals surface area (Å²) in [6, 6.07) is 13.1. The van der Waals surface area contributed by atoms with Crippen LogP contribution in [0, 0.1) is 5.82 Å². The number of nitrogens with one attached hydrogen (secondary N) is 1. The normalized spacial score (nSPS) is 14.4. The maximum atomic E-state index is 13.0. The Hall–Kier alpha value is -3.37. The van der Waals surface area contributed by atoms with Crippen molar-refractivity contribution in [3.8, 4) is 11.4 Å². The minimum Gasteiger partial charge on any atom is -0.341 e. The lowest BCUT2D eigenvalue weighted by atomic mass is 10.3. The Morgan fingerprint density at radius 2 is 1.79 bits per heavy atom. The SMILES string of the molecule is O=C(CN1CCCN(C(=O)CSc2nccc(-c3ccccn3)n2)CC1)Nc1ccc(F)cc1. The van der Waals surface area contributed by atoms with E-state index in [9.17, 15) is 14.0 Å². The van der Waals surface area contributed by atoms with E-state index in [1.165, 1.54) is 36.0 Å². The van der Waals surface area contributed by atoms with Crippen LogP contribution >= 0.6 is 11.8 Å². The van der Waals surface area contributed by atoms with Crippen molar-refractivity contribution in [1.29, 1.82) is 0 Å². The average molecular weight is 481 g/mol. The van der Waals surface area contributed by atoms with Crippen molar-refractivity contribution in [2.75, 3.05) is 43.8 Å². The molecule has 3 heterocycles. The molecule has 0 unspecified atom stereocenters. The highest BCUT2D eigenvalue weighted by Gasteiger charge is 2.21. The van der Waals surface area contributed by atoms with E-state index in [-0.39, 0.29) is 29.9 Å². The van der Waals surface area contributed by atoms with Crippen LogP contribution in [0.1, 0.15) is 6.42 Å². The van der Waals surface area contributed by atoms with E-state index in [1.54, 1.807) is 18.5 Å². The van der Waals surface area contributed by atoms with Crippen LogP contribution in [-0.4, -0.2) is 75.0 Å². The molecule has 4 rings (SSSR count). The third-order valence-electron chi connectivity index (χ3n) is 5.32. The molecule has 0 saturated carbocycles. The van der Waals surface area contributed by atoms with Crippen LogP contribution in [-0.2, 0) is 9.59 Å². The van der Waals surface area contributed by atoms with Crippen LogP contribution in [0.15, 0.2) is 66.1 Å². The van der Waals surface area contributed by atoms with Gasteiger partial charge in [-0.05, 0) is 48.9 Å². The molecule has 1 saturated heterocycles. The lowest BCUT2D eigenvalue weighted by Crippen LogP contribution is -2.38. The minimum atomic E-state index is -0.346. The lowest BCUT2D eigenvalue weighted by molar-refractivity contribution is -0.128. The molecule has 0 spiro atoms. The van der Waals surface area contributed by atoms with E-state index in [4.69, 9.17) is 0 Å². The number of amides is 2. The van der Waals surface area contributed by atoms with Crippen LogP contribution < -0.4 is 5.32 Å². The first-order chi connectivity index (χ1) is 16.6. The quantitative estimate of drug-likeness (QED) is 0.411. The number of carbonyl (C=O) groups excluding carboxylic acids is 2. The van der Waals surface area contributed by atoms with Crippen LogP contribution in [0.3, 0.4) is 0 Å². The van der Waals surface area contributed by atoms with Crippen molar-refractivity contribution in [1.82, 2.24) is 24.8 Å². The fraction of sp³-hybridized carbons (Fsp3) is 0.292. The molecule has 1 aliphatic rings. The van der Waals surface area contributed by atoms with Crippen molar-refractivity contribution in [3.05, 3.63) is 66.7 Å². The zero-order valence-corrected chi connectivity index (χ0v) is 19.4. The van der Waals surface area contributed by atoms with Gasteiger partial charge < -0.3 is 10.2 Å². The fourth-order valence-electron chi connectivity index (χ4n) is 3.60. The van der Waals surface area contributed by atoms with Gasteiger partial charge in [0.1, 0.15) is 5.82 Å². The molecule has 0 atom stereocenters. The third kappa shape index (κ3) is 6.82. The fourth-order valence-corrected chi connectivity index (χ4v) is 4.33. The van der Waals surface area contributed by atoms with Gasteiger partial charge in [-0.25, -0.2) is 14.4 Å². The number of thioether (sulfide) groups is 1. The first-order valence-corrected chi connectivity index (χ1v) is 12.0. The van der Waals surface area contributed by atoms with E-state index in [0.29, 0.717) is 30.5 Å². The van der Waals surface area contributed by atoms with Gasteiger partial charge in [0.25, 0.3) is 0 Å². The summed E-state index contributed by atoms with van der Waals surface area (Å²) in [4.78, 5) is 42.0. The van der Waals surface area contributed by atoms with Crippen LogP contribution in [0.25, 0.3) is 11.4 Å². The maximum Gasteiger partial charge on any atom is 0.238 e. The van der Waals surface area contributed by atoms with E-state index < -0.39 is 0 Å². The molecule has 1 aromatic carbocycles. The van der Waals surface area contributed by atoms with Crippen molar-refractivity contribution < 1.29 is 14.0 Å². The average Bonchev–Trinajstić information content (AvgIpc) is 3.10. The lowest BCUT2D eigenvalue weighted by Gasteiger charge is -2.21. The Kier molecular flexibility index (Phi) is 8.16. The van der Waals surface area contributed by atoms with Gasteiger partial charge in [-0.1, -0.05) is 17.8 Å². The molecule has 0 aliphatic carbocycles. The number of hydrogen-bond donors (Lipinski definition) is 1. The molecule has 3 aromatic rings. The monoisotopic (exact) mass is 480 g/mol. The number of halogens is 1. The Bertz CT molecular complexity index is 1120. The smallest absolute Gasteiger partial charge is 0.238 e. The molecule has 0 radical (unpaired) electrons. The van der Waals surface area contributed by atoms with Crippen LogP contribution in [0.5, 0.6) is 0 Å². The second-order valence-electron chi connectivity index (χ2n) is 7.79. The molecular weight excluding hydrogens is 455 g/mol. The predicted molar refractivity (Wildman–Crippen MR) is 129 cm³/mol. The van der Waals surface area contributed by atoms with Crippen molar-refractivity contribution in [2.24, 2.45) is 0 Å². The van der Waals surface area contributed by atoms with Gasteiger partial charge in [-0.3, -0.25) is 19.5 Å². The van der Waals surface area contributed by atoms with Gasteiger partial charge >= 0.3 is 0 Å². The molecule has 1 N–H and O–H groups in total. The van der Waals surface area contributed by atoms with Gasteiger partial charge in [0.2, 0.25) is 11.8 Å². The summed E-state index contributed by atoms with van der Waals surface area (Å²) in [5.41, 5.74) is 2.04. The van der Waals surface area contributed by atoms with Gasteiger partial charge in [0, 0.05) is 44.3 Å². The third-order valence-corrected chi connectivity index (χ3v) is 6.17. The summed E-state index contributed by atoms with van der Waals surface area (Å²) in [7, 11) is 0. The highest BCUT2D eigenvalue weighted by atomic mass is 32.2. The minimum absolute atomic E-state index is 0.0226. The molecule has 1 aliphatic heterocycles. The zero-order chi connectivity index (χ0) is 23.8. The van der Waals surface area contributed by atoms with Gasteiger partial charge in [-0.2, -0.15) is 0 Å². The molecular formula is C24H25FN6O2S. The second kappa shape index (κ2) is 11.7. The van der Waals surface area contributed by atoms with Gasteiger partial charge in [-0.15, -0.1) is 0 Å². The summed E-state index contributed by atoms with van der Waals surface area (Å²) in [5.74, 6) is -0.237. The first-order valence-electron chi connectivity index (χ1n) is 11.0. The number of anilines is 1. The number of aromatic nitrogens is 3. The topological polar surface area (TPSA) is 91.3 Å². The van der Waals surface area contributed by atoms with E-state index >= 15 is 0 Å². The molecule has 2 aromatic heterocycles. The molecule has 0 bridgehead atoms. The Morgan fingerprint density at radius 1 is 0.941 bits per heavy atom. The summed E-state index contributed by atoms with van der Waals surface area (Å²) in [6.07, 6.45) is 4.17. The molecule has 2 amide bonds. The summed E-state index contributed by atoms with van der Waals surface area (Å²) in [6.45, 7) is 2.76. The zero-order valence-electron chi connectivity index (χ0n) is 18.6. The summed E-state index contributed by atoms with van der Waals surface area (Å²) < 4.78 is 13.0. The number of carbonyl (C=O) groups is 2. The number of benzene rings is 1. The highest BCUT2D eigenvalue weighted by Crippen LogP contribution is 2.19. The summed E-state index contributed by atoms with van der Waals surface area (Å²) in [5, 5.41) is 3.31. The first kappa shape index (κ1) is 23.8. The van der Waals surface area contributed by atoms with E-state index in [1.807, 2.05) is 28.0 Å². The van der Waals surface area contributed by atoms with Gasteiger partial charge in [0.15, 0.2) is 5.16 Å². The summed E-state index contributed by atoms with van der Waals surface area (Å²) >= 11 is 1.31. The van der Waals surface area contributed by atoms with E-state index in [2.05, 4.69) is 20.3 Å². The number of rotatable bonds is 7. The second-order valence-corrected chi connectivity index (χ2v) is 8.74. The largest absolute Gasteiger partial charge is 0.341 e. The number of hydrogen-bond acceptors (Lipinski definition) is 7. The molecule has 1 fully saturated rings. The standard InChI is InChI=1S/C24H25FN6O2S/c25-18-5-7-19(8-6-18)28-22(32)16-30-12-3-13-31(15-14-30)23(33)17-34-24-27-11-9-21(29-24)20-4-1-2-10-26-20/h1-2,4-11H,3,12-17H2,(H,28,32). The van der Waals surface area contributed by atoms with Crippen molar-refractivity contribution in [3.63, 3.8) is 0 Å². The molecule has 8 nitrogen and oxygen atoms in total. The van der Waals surface area contributed by atoms with E-state index in [0.717, 1.165) is 24.4 Å². The Labute approximate surface area is 201 Å². The van der Waals surface area contributed by atoms with Crippen molar-refractivity contribution >= 4 is 29.3 Å². The maximum absolute atomic E-state index is 13.0. The number of pyridine rings is 1. The Morgan fingerprint density at radius 3 is 2.59 bits per heavy atom. The molecule has 10 heteroatoms. The molecule has 176 valence electrons. The molecule has 34 heavy (non-hydrogen) atoms.